The smallest absolute Gasteiger partial charge is 0.0619 e. The van der Waals surface area contributed by atoms with Gasteiger partial charge >= 0.3 is 0 Å². The van der Waals surface area contributed by atoms with E-state index in [1.807, 2.05) is 0 Å². The molecule has 282 valence electrons. The third-order valence-electron chi connectivity index (χ3n) is 12.0. The monoisotopic (exact) mass is 748 g/mol. The van der Waals surface area contributed by atoms with Gasteiger partial charge in [0.05, 0.1) is 27.8 Å². The van der Waals surface area contributed by atoms with Crippen molar-refractivity contribution in [2.24, 2.45) is 0 Å². The van der Waals surface area contributed by atoms with Crippen molar-refractivity contribution in [2.45, 2.75) is 52.4 Å². The Hall–Kier alpha value is -6.64. The first-order valence-corrected chi connectivity index (χ1v) is 20.5. The van der Waals surface area contributed by atoms with Crippen LogP contribution in [0.1, 0.15) is 52.7 Å². The molecule has 2 aromatic heterocycles. The Labute approximate surface area is 341 Å². The van der Waals surface area contributed by atoms with Gasteiger partial charge in [0.2, 0.25) is 0 Å². The minimum atomic E-state index is 0.0431. The molecule has 0 N–H and O–H groups in total. The van der Waals surface area contributed by atoms with E-state index in [1.54, 1.807) is 0 Å². The Morgan fingerprint density at radius 2 is 0.724 bits per heavy atom. The maximum Gasteiger partial charge on any atom is 0.0619 e. The Morgan fingerprint density at radius 1 is 0.310 bits per heavy atom. The van der Waals surface area contributed by atoms with Crippen LogP contribution < -0.4 is 0 Å². The van der Waals surface area contributed by atoms with Gasteiger partial charge in [0, 0.05) is 38.4 Å². The van der Waals surface area contributed by atoms with Crippen LogP contribution in [0.15, 0.2) is 182 Å². The zero-order chi connectivity index (χ0) is 39.8. The van der Waals surface area contributed by atoms with Gasteiger partial charge in [-0.05, 0) is 105 Å². The van der Waals surface area contributed by atoms with E-state index in [0.717, 1.165) is 5.69 Å². The molecule has 0 aliphatic heterocycles. The average molecular weight is 749 g/mol. The van der Waals surface area contributed by atoms with Crippen molar-refractivity contribution in [1.82, 2.24) is 9.13 Å². The summed E-state index contributed by atoms with van der Waals surface area (Å²) in [5, 5.41) is 5.06. The second-order valence-corrected chi connectivity index (χ2v) is 17.9. The highest BCUT2D eigenvalue weighted by atomic mass is 15.0. The first kappa shape index (κ1) is 35.8. The van der Waals surface area contributed by atoms with Crippen molar-refractivity contribution in [1.29, 1.82) is 0 Å². The summed E-state index contributed by atoms with van der Waals surface area (Å²) in [6.45, 7) is 13.8. The highest BCUT2D eigenvalue weighted by Gasteiger charge is 2.24. The molecule has 2 heteroatoms. The van der Waals surface area contributed by atoms with Crippen LogP contribution in [0.25, 0.3) is 88.4 Å². The first-order valence-electron chi connectivity index (χ1n) is 20.5. The van der Waals surface area contributed by atoms with Crippen LogP contribution in [0, 0.1) is 0 Å². The summed E-state index contributed by atoms with van der Waals surface area (Å²) in [5.74, 6) is 0. The molecule has 58 heavy (non-hydrogen) atoms. The summed E-state index contributed by atoms with van der Waals surface area (Å²) >= 11 is 0. The molecule has 0 saturated heterocycles. The van der Waals surface area contributed by atoms with Crippen LogP contribution in [0.4, 0.5) is 0 Å². The Bertz CT molecular complexity index is 3020. The summed E-state index contributed by atoms with van der Waals surface area (Å²) in [6, 6.07) is 67.5. The molecule has 0 bridgehead atoms. The lowest BCUT2D eigenvalue weighted by Crippen LogP contribution is -2.10. The van der Waals surface area contributed by atoms with E-state index in [0.29, 0.717) is 0 Å². The summed E-state index contributed by atoms with van der Waals surface area (Å²) in [6.07, 6.45) is 0. The molecule has 0 fully saturated rings. The number of aromatic nitrogens is 2. The van der Waals surface area contributed by atoms with Gasteiger partial charge in [0.15, 0.2) is 0 Å². The van der Waals surface area contributed by atoms with E-state index >= 15 is 0 Å². The molecule has 2 nitrogen and oxygen atoms in total. The zero-order valence-electron chi connectivity index (χ0n) is 34.2. The second-order valence-electron chi connectivity index (χ2n) is 17.9. The Kier molecular flexibility index (Phi) is 8.32. The molecule has 0 unspecified atom stereocenters. The van der Waals surface area contributed by atoms with Crippen molar-refractivity contribution in [3.05, 3.63) is 193 Å². The quantitative estimate of drug-likeness (QED) is 0.166. The first-order chi connectivity index (χ1) is 28.0. The van der Waals surface area contributed by atoms with Crippen LogP contribution in [0.3, 0.4) is 0 Å². The van der Waals surface area contributed by atoms with Gasteiger partial charge in [-0.3, -0.25) is 0 Å². The van der Waals surface area contributed by atoms with Crippen LogP contribution in [0.2, 0.25) is 0 Å². The molecule has 0 aliphatic carbocycles. The third kappa shape index (κ3) is 5.94. The molecule has 10 rings (SSSR count). The van der Waals surface area contributed by atoms with E-state index in [1.165, 1.54) is 93.8 Å². The minimum absolute atomic E-state index is 0.0431. The van der Waals surface area contributed by atoms with Crippen molar-refractivity contribution in [2.75, 3.05) is 0 Å². The van der Waals surface area contributed by atoms with Gasteiger partial charge in [0.1, 0.15) is 0 Å². The highest BCUT2D eigenvalue weighted by Crippen LogP contribution is 2.45. The molecule has 0 spiro atoms. The molecule has 0 amide bonds. The van der Waals surface area contributed by atoms with Crippen molar-refractivity contribution in [3.8, 4) is 44.8 Å². The maximum atomic E-state index is 2.52. The molecule has 0 atom stereocenters. The highest BCUT2D eigenvalue weighted by molar-refractivity contribution is 6.13. The van der Waals surface area contributed by atoms with Gasteiger partial charge in [-0.25, -0.2) is 0 Å². The third-order valence-corrected chi connectivity index (χ3v) is 12.0. The Morgan fingerprint density at radius 3 is 1.24 bits per heavy atom. The molecular weight excluding hydrogens is 701 g/mol. The fourth-order valence-electron chi connectivity index (χ4n) is 8.92. The lowest BCUT2D eigenvalue weighted by Gasteiger charge is -2.21. The van der Waals surface area contributed by atoms with E-state index < -0.39 is 0 Å². The Balaban J connectivity index is 1.28. The van der Waals surface area contributed by atoms with Gasteiger partial charge in [0.25, 0.3) is 0 Å². The molecule has 0 saturated carbocycles. The van der Waals surface area contributed by atoms with Crippen LogP contribution in [-0.4, -0.2) is 9.13 Å². The van der Waals surface area contributed by atoms with Crippen LogP contribution in [-0.2, 0) is 10.8 Å². The van der Waals surface area contributed by atoms with Crippen molar-refractivity contribution < 1.29 is 0 Å². The molecule has 2 heterocycles. The lowest BCUT2D eigenvalue weighted by atomic mass is 9.85. The number of hydrogen-bond donors (Lipinski definition) is 0. The van der Waals surface area contributed by atoms with E-state index in [2.05, 4.69) is 233 Å². The van der Waals surface area contributed by atoms with Crippen LogP contribution in [0.5, 0.6) is 0 Å². The topological polar surface area (TPSA) is 9.86 Å². The summed E-state index contributed by atoms with van der Waals surface area (Å²) in [7, 11) is 0. The number of hydrogen-bond acceptors (Lipinski definition) is 0. The number of nitrogens with zero attached hydrogens (tertiary/aromatic N) is 2. The van der Waals surface area contributed by atoms with E-state index in [9.17, 15) is 0 Å². The average Bonchev–Trinajstić information content (AvgIpc) is 3.75. The number of fused-ring (bicyclic) bond motifs is 6. The minimum Gasteiger partial charge on any atom is -0.309 e. The largest absolute Gasteiger partial charge is 0.309 e. The zero-order valence-corrected chi connectivity index (χ0v) is 34.2. The maximum absolute atomic E-state index is 2.52. The SMILES string of the molecule is CC(C)(C)c1ccc2c(c1)c1cc(C(C)(C)C)ccc1n2-c1ccc2c(c1)c1ccccc1n2-c1c(-c2ccccc2)cc(-c2ccccc2)cc1-c1ccccc1. The van der Waals surface area contributed by atoms with E-state index in [4.69, 9.17) is 0 Å². The molecule has 8 aromatic carbocycles. The normalized spacial score (nSPS) is 12.3. The lowest BCUT2D eigenvalue weighted by molar-refractivity contribution is 0.590. The van der Waals surface area contributed by atoms with Crippen molar-refractivity contribution in [3.63, 3.8) is 0 Å². The molecule has 0 aliphatic rings. The predicted octanol–water partition coefficient (Wildman–Crippen LogP) is 15.5. The molecule has 0 radical (unpaired) electrons. The summed E-state index contributed by atoms with van der Waals surface area (Å²) in [4.78, 5) is 0. The standard InChI is InChI=1S/C56H48N2/c1-55(2,3)41-26-29-51-47(34-41)48-35-42(56(4,5)6)27-30-52(48)57(51)43-28-31-53-49(36-43)44-24-16-17-25-50(44)58(53)54-45(38-20-12-8-13-21-38)32-40(37-18-10-7-11-19-37)33-46(54)39-22-14-9-15-23-39/h7-36H,1-6H3. The fraction of sp³-hybridized carbons (Fsp3) is 0.143. The number of benzene rings is 8. The summed E-state index contributed by atoms with van der Waals surface area (Å²) in [5.41, 5.74) is 17.1. The summed E-state index contributed by atoms with van der Waals surface area (Å²) < 4.78 is 5.00. The number of para-hydroxylation sites is 1. The van der Waals surface area contributed by atoms with Gasteiger partial charge in [-0.1, -0.05) is 163 Å². The number of rotatable bonds is 5. The van der Waals surface area contributed by atoms with Gasteiger partial charge in [-0.2, -0.15) is 0 Å². The van der Waals surface area contributed by atoms with Gasteiger partial charge < -0.3 is 9.13 Å². The van der Waals surface area contributed by atoms with Crippen molar-refractivity contribution >= 4 is 43.6 Å². The molecule has 10 aromatic rings. The molecular formula is C56H48N2. The predicted molar refractivity (Wildman–Crippen MR) is 249 cm³/mol. The fourth-order valence-corrected chi connectivity index (χ4v) is 8.92. The van der Waals surface area contributed by atoms with Gasteiger partial charge in [-0.15, -0.1) is 0 Å². The van der Waals surface area contributed by atoms with E-state index in [-0.39, 0.29) is 10.8 Å². The van der Waals surface area contributed by atoms with Crippen LogP contribution >= 0.6 is 0 Å². The second kappa shape index (κ2) is 13.5.